The molecule has 5 heteroatoms. The van der Waals surface area contributed by atoms with Crippen LogP contribution in [0.15, 0.2) is 18.2 Å². The zero-order valence-corrected chi connectivity index (χ0v) is 9.50. The Balaban J connectivity index is 2.58. The van der Waals surface area contributed by atoms with Gasteiger partial charge in [0, 0.05) is 13.6 Å². The van der Waals surface area contributed by atoms with E-state index in [1.54, 1.807) is 6.07 Å². The van der Waals surface area contributed by atoms with Gasteiger partial charge in [0.1, 0.15) is 5.82 Å². The number of carbonyl (C=O) groups is 2. The first-order chi connectivity index (χ1) is 7.54. The SMILES string of the molecule is CN(CCc1ccc(F)c(Cl)c1)C(=O)C=O. The summed E-state index contributed by atoms with van der Waals surface area (Å²) < 4.78 is 12.8. The first-order valence-corrected chi connectivity index (χ1v) is 5.06. The molecule has 0 bridgehead atoms. The van der Waals surface area contributed by atoms with Crippen LogP contribution in [0, 0.1) is 5.82 Å². The minimum Gasteiger partial charge on any atom is -0.339 e. The van der Waals surface area contributed by atoms with Gasteiger partial charge in [0.2, 0.25) is 6.29 Å². The highest BCUT2D eigenvalue weighted by molar-refractivity contribution is 6.30. The van der Waals surface area contributed by atoms with Crippen LogP contribution in [0.25, 0.3) is 0 Å². The largest absolute Gasteiger partial charge is 0.339 e. The topological polar surface area (TPSA) is 37.4 Å². The highest BCUT2D eigenvalue weighted by atomic mass is 35.5. The van der Waals surface area contributed by atoms with Gasteiger partial charge < -0.3 is 4.90 Å². The number of aldehydes is 1. The molecule has 0 radical (unpaired) electrons. The molecule has 0 fully saturated rings. The van der Waals surface area contributed by atoms with E-state index in [1.165, 1.54) is 24.1 Å². The van der Waals surface area contributed by atoms with Crippen LogP contribution in [0.1, 0.15) is 5.56 Å². The molecule has 0 heterocycles. The van der Waals surface area contributed by atoms with Gasteiger partial charge in [0.15, 0.2) is 0 Å². The zero-order valence-electron chi connectivity index (χ0n) is 8.74. The third-order valence-corrected chi connectivity index (χ3v) is 2.49. The number of rotatable bonds is 4. The van der Waals surface area contributed by atoms with Crippen molar-refractivity contribution in [2.45, 2.75) is 6.42 Å². The molecule has 1 rings (SSSR count). The first kappa shape index (κ1) is 12.6. The Morgan fingerprint density at radius 2 is 2.25 bits per heavy atom. The van der Waals surface area contributed by atoms with Gasteiger partial charge in [0.25, 0.3) is 5.91 Å². The highest BCUT2D eigenvalue weighted by Gasteiger charge is 2.07. The Morgan fingerprint density at radius 1 is 1.56 bits per heavy atom. The van der Waals surface area contributed by atoms with Crippen molar-refractivity contribution in [3.63, 3.8) is 0 Å². The van der Waals surface area contributed by atoms with Crippen LogP contribution in [-0.2, 0) is 16.0 Å². The number of likely N-dealkylation sites (N-methyl/N-ethyl adjacent to an activating group) is 1. The Hall–Kier alpha value is -1.42. The monoisotopic (exact) mass is 243 g/mol. The van der Waals surface area contributed by atoms with Gasteiger partial charge in [-0.05, 0) is 24.1 Å². The number of nitrogens with zero attached hydrogens (tertiary/aromatic N) is 1. The maximum Gasteiger partial charge on any atom is 0.286 e. The van der Waals surface area contributed by atoms with Crippen molar-refractivity contribution in [3.8, 4) is 0 Å². The number of hydrogen-bond acceptors (Lipinski definition) is 2. The van der Waals surface area contributed by atoms with Crippen LogP contribution >= 0.6 is 11.6 Å². The molecular formula is C11H11ClFNO2. The lowest BCUT2D eigenvalue weighted by Crippen LogP contribution is -2.29. The molecule has 0 spiro atoms. The summed E-state index contributed by atoms with van der Waals surface area (Å²) in [5.74, 6) is -1.05. The Labute approximate surface area is 97.8 Å². The maximum absolute atomic E-state index is 12.8. The molecule has 0 N–H and O–H groups in total. The van der Waals surface area contributed by atoms with Gasteiger partial charge in [0.05, 0.1) is 5.02 Å². The van der Waals surface area contributed by atoms with Gasteiger partial charge in [-0.15, -0.1) is 0 Å². The lowest BCUT2D eigenvalue weighted by molar-refractivity contribution is -0.137. The molecule has 0 aromatic heterocycles. The summed E-state index contributed by atoms with van der Waals surface area (Å²) >= 11 is 5.61. The predicted octanol–water partition coefficient (Wildman–Crippen LogP) is 1.68. The van der Waals surface area contributed by atoms with E-state index >= 15 is 0 Å². The second-order valence-electron chi connectivity index (χ2n) is 3.38. The molecule has 1 aromatic rings. The number of hydrogen-bond donors (Lipinski definition) is 0. The zero-order chi connectivity index (χ0) is 12.1. The molecule has 0 unspecified atom stereocenters. The lowest BCUT2D eigenvalue weighted by atomic mass is 10.1. The van der Waals surface area contributed by atoms with E-state index in [9.17, 15) is 14.0 Å². The Bertz CT molecular complexity index is 409. The summed E-state index contributed by atoms with van der Waals surface area (Å²) in [7, 11) is 1.53. The van der Waals surface area contributed by atoms with E-state index in [-0.39, 0.29) is 11.3 Å². The van der Waals surface area contributed by atoms with Crippen LogP contribution in [0.3, 0.4) is 0 Å². The fourth-order valence-electron chi connectivity index (χ4n) is 1.19. The summed E-state index contributed by atoms with van der Waals surface area (Å²) in [4.78, 5) is 22.4. The standard InChI is InChI=1S/C11H11ClFNO2/c1-14(11(16)7-15)5-4-8-2-3-10(13)9(12)6-8/h2-3,6-7H,4-5H2,1H3. The Kier molecular flexibility index (Phi) is 4.43. The summed E-state index contributed by atoms with van der Waals surface area (Å²) in [6, 6.07) is 4.38. The molecule has 16 heavy (non-hydrogen) atoms. The number of carbonyl (C=O) groups excluding carboxylic acids is 2. The van der Waals surface area contributed by atoms with E-state index in [2.05, 4.69) is 0 Å². The second-order valence-corrected chi connectivity index (χ2v) is 3.78. The van der Waals surface area contributed by atoms with E-state index in [1.807, 2.05) is 0 Å². The summed E-state index contributed by atoms with van der Waals surface area (Å²) in [6.45, 7) is 0.388. The normalized spacial score (nSPS) is 9.94. The molecule has 0 aliphatic carbocycles. The average molecular weight is 244 g/mol. The van der Waals surface area contributed by atoms with Crippen molar-refractivity contribution in [2.24, 2.45) is 0 Å². The highest BCUT2D eigenvalue weighted by Crippen LogP contribution is 2.16. The van der Waals surface area contributed by atoms with E-state index < -0.39 is 11.7 Å². The van der Waals surface area contributed by atoms with Crippen LogP contribution < -0.4 is 0 Å². The summed E-state index contributed by atoms with van der Waals surface area (Å²) in [5, 5.41) is 0.0573. The average Bonchev–Trinajstić information content (AvgIpc) is 2.29. The second kappa shape index (κ2) is 5.61. The third-order valence-electron chi connectivity index (χ3n) is 2.20. The van der Waals surface area contributed by atoms with Gasteiger partial charge in [-0.25, -0.2) is 4.39 Å². The quantitative estimate of drug-likeness (QED) is 0.596. The number of benzene rings is 1. The number of amides is 1. The molecule has 3 nitrogen and oxygen atoms in total. The fraction of sp³-hybridized carbons (Fsp3) is 0.273. The molecule has 1 amide bonds. The van der Waals surface area contributed by atoms with Crippen molar-refractivity contribution in [1.29, 1.82) is 0 Å². The summed E-state index contributed by atoms with van der Waals surface area (Å²) in [5.41, 5.74) is 0.817. The fourth-order valence-corrected chi connectivity index (χ4v) is 1.40. The molecule has 0 saturated heterocycles. The van der Waals surface area contributed by atoms with Crippen molar-refractivity contribution in [2.75, 3.05) is 13.6 Å². The van der Waals surface area contributed by atoms with E-state index in [0.717, 1.165) is 5.56 Å². The molecule has 0 aliphatic heterocycles. The van der Waals surface area contributed by atoms with Gasteiger partial charge in [-0.3, -0.25) is 9.59 Å². The van der Waals surface area contributed by atoms with Crippen LogP contribution in [0.2, 0.25) is 5.02 Å². The van der Waals surface area contributed by atoms with Crippen LogP contribution in [0.5, 0.6) is 0 Å². The third kappa shape index (κ3) is 3.31. The molecular weight excluding hydrogens is 233 g/mol. The van der Waals surface area contributed by atoms with E-state index in [0.29, 0.717) is 13.0 Å². The molecule has 1 aromatic carbocycles. The summed E-state index contributed by atoms with van der Waals surface area (Å²) in [6.07, 6.45) is 0.785. The Morgan fingerprint density at radius 3 is 2.81 bits per heavy atom. The maximum atomic E-state index is 12.8. The number of halogens is 2. The van der Waals surface area contributed by atoms with Gasteiger partial charge >= 0.3 is 0 Å². The lowest BCUT2D eigenvalue weighted by Gasteiger charge is -2.13. The smallest absolute Gasteiger partial charge is 0.286 e. The van der Waals surface area contributed by atoms with Crippen LogP contribution in [0.4, 0.5) is 4.39 Å². The first-order valence-electron chi connectivity index (χ1n) is 4.69. The van der Waals surface area contributed by atoms with Crippen molar-refractivity contribution < 1.29 is 14.0 Å². The minimum absolute atomic E-state index is 0.0573. The van der Waals surface area contributed by atoms with Crippen LogP contribution in [-0.4, -0.2) is 30.7 Å². The van der Waals surface area contributed by atoms with Crippen molar-refractivity contribution in [1.82, 2.24) is 4.90 Å². The predicted molar refractivity (Wildman–Crippen MR) is 58.8 cm³/mol. The van der Waals surface area contributed by atoms with Crippen molar-refractivity contribution >= 4 is 23.8 Å². The van der Waals surface area contributed by atoms with E-state index in [4.69, 9.17) is 11.6 Å². The molecule has 86 valence electrons. The van der Waals surface area contributed by atoms with Gasteiger partial charge in [-0.2, -0.15) is 0 Å². The van der Waals surface area contributed by atoms with Gasteiger partial charge in [-0.1, -0.05) is 17.7 Å². The minimum atomic E-state index is -0.576. The molecule has 0 atom stereocenters. The molecule has 0 saturated carbocycles. The molecule has 0 aliphatic rings. The van der Waals surface area contributed by atoms with Crippen molar-refractivity contribution in [3.05, 3.63) is 34.6 Å².